The zero-order valence-corrected chi connectivity index (χ0v) is 15.6. The van der Waals surface area contributed by atoms with Crippen molar-refractivity contribution in [2.75, 3.05) is 5.32 Å². The Morgan fingerprint density at radius 3 is 2.58 bits per heavy atom. The number of hydrogen-bond acceptors (Lipinski definition) is 4. The quantitative estimate of drug-likeness (QED) is 0.581. The van der Waals surface area contributed by atoms with Crippen LogP contribution in [0.25, 0.3) is 20.8 Å². The van der Waals surface area contributed by atoms with Gasteiger partial charge in [0.1, 0.15) is 5.01 Å². The summed E-state index contributed by atoms with van der Waals surface area (Å²) < 4.78 is 2.83. The lowest BCUT2D eigenvalue weighted by molar-refractivity contribution is 0.102. The van der Waals surface area contributed by atoms with Crippen LogP contribution in [-0.4, -0.2) is 20.7 Å². The number of nitrogens with zero attached hydrogens (tertiary/aromatic N) is 3. The highest BCUT2D eigenvalue weighted by molar-refractivity contribution is 7.21. The lowest BCUT2D eigenvalue weighted by Gasteiger charge is -2.05. The smallest absolute Gasteiger partial charge is 0.259 e. The maximum Gasteiger partial charge on any atom is 0.259 e. The maximum atomic E-state index is 12.4. The summed E-state index contributed by atoms with van der Waals surface area (Å²) in [5.74, 6) is -0.154. The standard InChI is InChI=1S/C20H18N4OS/c1-12-4-9-17-18(10-12)26-20(22-17)14-5-7-15(8-6-14)21-19(25)16-11-24(3)23-13(16)2/h4-11H,1-3H3,(H,21,25). The molecule has 2 aromatic heterocycles. The van der Waals surface area contributed by atoms with Crippen molar-refractivity contribution in [3.63, 3.8) is 0 Å². The number of hydrogen-bond donors (Lipinski definition) is 1. The first kappa shape index (κ1) is 16.5. The predicted molar refractivity (Wildman–Crippen MR) is 106 cm³/mol. The molecule has 0 aliphatic rings. The number of aryl methyl sites for hydroxylation is 3. The van der Waals surface area contributed by atoms with E-state index < -0.39 is 0 Å². The number of anilines is 1. The molecule has 130 valence electrons. The average Bonchev–Trinajstić information content (AvgIpc) is 3.17. The van der Waals surface area contributed by atoms with Gasteiger partial charge in [-0.25, -0.2) is 4.98 Å². The molecule has 0 fully saturated rings. The van der Waals surface area contributed by atoms with Crippen LogP contribution in [0.1, 0.15) is 21.6 Å². The number of carbonyl (C=O) groups is 1. The van der Waals surface area contributed by atoms with Crippen LogP contribution in [0, 0.1) is 13.8 Å². The molecule has 1 amide bonds. The second-order valence-electron chi connectivity index (χ2n) is 6.32. The van der Waals surface area contributed by atoms with Crippen molar-refractivity contribution >= 4 is 33.1 Å². The molecule has 0 radical (unpaired) electrons. The molecule has 0 unspecified atom stereocenters. The van der Waals surface area contributed by atoms with Crippen LogP contribution in [0.2, 0.25) is 0 Å². The molecule has 0 aliphatic heterocycles. The largest absolute Gasteiger partial charge is 0.322 e. The van der Waals surface area contributed by atoms with Crippen molar-refractivity contribution in [2.24, 2.45) is 7.05 Å². The molecule has 0 spiro atoms. The molecular weight excluding hydrogens is 344 g/mol. The minimum absolute atomic E-state index is 0.154. The first-order chi connectivity index (χ1) is 12.5. The zero-order valence-electron chi connectivity index (χ0n) is 14.8. The minimum Gasteiger partial charge on any atom is -0.322 e. The van der Waals surface area contributed by atoms with Gasteiger partial charge in [-0.15, -0.1) is 11.3 Å². The van der Waals surface area contributed by atoms with E-state index in [9.17, 15) is 4.79 Å². The molecule has 4 aromatic rings. The summed E-state index contributed by atoms with van der Waals surface area (Å²) in [6, 6.07) is 14.0. The van der Waals surface area contributed by atoms with E-state index in [1.807, 2.05) is 31.2 Å². The monoisotopic (exact) mass is 362 g/mol. The lowest BCUT2D eigenvalue weighted by Crippen LogP contribution is -2.12. The Hall–Kier alpha value is -2.99. The van der Waals surface area contributed by atoms with Crippen LogP contribution in [0.5, 0.6) is 0 Å². The number of thiazole rings is 1. The fourth-order valence-electron chi connectivity index (χ4n) is 2.87. The molecule has 2 aromatic carbocycles. The van der Waals surface area contributed by atoms with Gasteiger partial charge in [0.15, 0.2) is 0 Å². The van der Waals surface area contributed by atoms with Gasteiger partial charge in [-0.05, 0) is 55.8 Å². The third-order valence-corrected chi connectivity index (χ3v) is 5.26. The fraction of sp³-hybridized carbons (Fsp3) is 0.150. The van der Waals surface area contributed by atoms with Crippen molar-refractivity contribution in [1.29, 1.82) is 0 Å². The summed E-state index contributed by atoms with van der Waals surface area (Å²) in [5, 5.41) is 8.10. The van der Waals surface area contributed by atoms with Crippen LogP contribution < -0.4 is 5.32 Å². The van der Waals surface area contributed by atoms with E-state index in [1.54, 1.807) is 29.3 Å². The third-order valence-electron chi connectivity index (χ3n) is 4.19. The highest BCUT2D eigenvalue weighted by Gasteiger charge is 2.13. The molecule has 0 bridgehead atoms. The van der Waals surface area contributed by atoms with Gasteiger partial charge < -0.3 is 5.32 Å². The number of amides is 1. The second kappa shape index (κ2) is 6.38. The summed E-state index contributed by atoms with van der Waals surface area (Å²) in [7, 11) is 1.80. The summed E-state index contributed by atoms with van der Waals surface area (Å²) in [5.41, 5.74) is 5.33. The van der Waals surface area contributed by atoms with Gasteiger partial charge in [0.2, 0.25) is 0 Å². The molecule has 6 heteroatoms. The van der Waals surface area contributed by atoms with Crippen molar-refractivity contribution in [3.8, 4) is 10.6 Å². The second-order valence-corrected chi connectivity index (χ2v) is 7.35. The molecule has 1 N–H and O–H groups in total. The Morgan fingerprint density at radius 1 is 1.12 bits per heavy atom. The van der Waals surface area contributed by atoms with E-state index in [2.05, 4.69) is 35.5 Å². The Kier molecular flexibility index (Phi) is 4.05. The van der Waals surface area contributed by atoms with Crippen LogP contribution in [0.15, 0.2) is 48.7 Å². The van der Waals surface area contributed by atoms with E-state index in [-0.39, 0.29) is 5.91 Å². The van der Waals surface area contributed by atoms with Gasteiger partial charge >= 0.3 is 0 Å². The third kappa shape index (κ3) is 3.11. The van der Waals surface area contributed by atoms with E-state index in [0.29, 0.717) is 11.3 Å². The molecule has 0 saturated carbocycles. The summed E-state index contributed by atoms with van der Waals surface area (Å²) in [6.45, 7) is 3.91. The van der Waals surface area contributed by atoms with Crippen LogP contribution in [0.4, 0.5) is 5.69 Å². The summed E-state index contributed by atoms with van der Waals surface area (Å²) in [6.07, 6.45) is 1.72. The summed E-state index contributed by atoms with van der Waals surface area (Å²) >= 11 is 1.68. The van der Waals surface area contributed by atoms with Crippen molar-refractivity contribution in [3.05, 3.63) is 65.5 Å². The number of carbonyl (C=O) groups excluding carboxylic acids is 1. The van der Waals surface area contributed by atoms with E-state index in [1.165, 1.54) is 10.3 Å². The number of aromatic nitrogens is 3. The van der Waals surface area contributed by atoms with Gasteiger partial charge in [0.05, 0.1) is 21.5 Å². The maximum absolute atomic E-state index is 12.4. The normalized spacial score (nSPS) is 11.0. The molecule has 0 aliphatic carbocycles. The van der Waals surface area contributed by atoms with Crippen LogP contribution in [-0.2, 0) is 7.05 Å². The van der Waals surface area contributed by atoms with Gasteiger partial charge in [0.25, 0.3) is 5.91 Å². The van der Waals surface area contributed by atoms with Crippen molar-refractivity contribution < 1.29 is 4.79 Å². The molecule has 4 rings (SSSR count). The average molecular weight is 362 g/mol. The Balaban J connectivity index is 1.56. The topological polar surface area (TPSA) is 59.8 Å². The molecule has 5 nitrogen and oxygen atoms in total. The minimum atomic E-state index is -0.154. The number of fused-ring (bicyclic) bond motifs is 1. The number of nitrogens with one attached hydrogen (secondary N) is 1. The summed E-state index contributed by atoms with van der Waals surface area (Å²) in [4.78, 5) is 17.1. The Morgan fingerprint density at radius 2 is 1.88 bits per heavy atom. The predicted octanol–water partition coefficient (Wildman–Crippen LogP) is 4.57. The van der Waals surface area contributed by atoms with Gasteiger partial charge in [-0.3, -0.25) is 9.48 Å². The first-order valence-corrected chi connectivity index (χ1v) is 9.10. The van der Waals surface area contributed by atoms with Gasteiger partial charge in [-0.1, -0.05) is 6.07 Å². The van der Waals surface area contributed by atoms with Crippen molar-refractivity contribution in [1.82, 2.24) is 14.8 Å². The molecular formula is C20H18N4OS. The SMILES string of the molecule is Cc1ccc2nc(-c3ccc(NC(=O)c4cn(C)nc4C)cc3)sc2c1. The molecule has 0 atom stereocenters. The number of rotatable bonds is 3. The van der Waals surface area contributed by atoms with E-state index in [4.69, 9.17) is 4.98 Å². The Labute approximate surface area is 155 Å². The van der Waals surface area contributed by atoms with Gasteiger partial charge in [-0.2, -0.15) is 5.10 Å². The van der Waals surface area contributed by atoms with Gasteiger partial charge in [0, 0.05) is 24.5 Å². The lowest BCUT2D eigenvalue weighted by atomic mass is 10.2. The molecule has 0 saturated heterocycles. The van der Waals surface area contributed by atoms with E-state index >= 15 is 0 Å². The van der Waals surface area contributed by atoms with E-state index in [0.717, 1.165) is 21.8 Å². The zero-order chi connectivity index (χ0) is 18.3. The van der Waals surface area contributed by atoms with Crippen LogP contribution in [0.3, 0.4) is 0 Å². The number of benzene rings is 2. The molecule has 2 heterocycles. The fourth-order valence-corrected chi connectivity index (χ4v) is 3.94. The highest BCUT2D eigenvalue weighted by atomic mass is 32.1. The Bertz CT molecular complexity index is 1110. The highest BCUT2D eigenvalue weighted by Crippen LogP contribution is 2.31. The van der Waals surface area contributed by atoms with Crippen LogP contribution >= 0.6 is 11.3 Å². The first-order valence-electron chi connectivity index (χ1n) is 8.29. The van der Waals surface area contributed by atoms with Crippen molar-refractivity contribution in [2.45, 2.75) is 13.8 Å². The molecule has 26 heavy (non-hydrogen) atoms.